The molecule has 0 saturated carbocycles. The standard InChI is InChI=1S/C8H10F3N3/c1-4(12)6-2-5(8(9,10)11)3-7(13)14-6/h2-4H,12H2,1H3,(H2,13,14). The number of hydrogen-bond acceptors (Lipinski definition) is 3. The molecular formula is C8H10F3N3. The van der Waals surface area contributed by atoms with Crippen LogP contribution in [0.4, 0.5) is 19.0 Å². The van der Waals surface area contributed by atoms with Crippen LogP contribution in [0.15, 0.2) is 12.1 Å². The second-order valence-electron chi connectivity index (χ2n) is 2.99. The van der Waals surface area contributed by atoms with Crippen molar-refractivity contribution in [2.45, 2.75) is 19.1 Å². The average Bonchev–Trinajstić information content (AvgIpc) is 2.01. The summed E-state index contributed by atoms with van der Waals surface area (Å²) in [7, 11) is 0. The monoisotopic (exact) mass is 205 g/mol. The molecule has 1 rings (SSSR count). The van der Waals surface area contributed by atoms with Crippen molar-refractivity contribution in [3.05, 3.63) is 23.4 Å². The van der Waals surface area contributed by atoms with Gasteiger partial charge >= 0.3 is 6.18 Å². The molecule has 0 saturated heterocycles. The van der Waals surface area contributed by atoms with Gasteiger partial charge in [-0.15, -0.1) is 0 Å². The molecule has 78 valence electrons. The largest absolute Gasteiger partial charge is 0.416 e. The quantitative estimate of drug-likeness (QED) is 0.733. The molecule has 0 bridgehead atoms. The topological polar surface area (TPSA) is 64.9 Å². The molecule has 0 aliphatic heterocycles. The Morgan fingerprint density at radius 3 is 2.36 bits per heavy atom. The lowest BCUT2D eigenvalue weighted by atomic mass is 10.1. The van der Waals surface area contributed by atoms with E-state index in [0.717, 1.165) is 12.1 Å². The van der Waals surface area contributed by atoms with E-state index in [0.29, 0.717) is 0 Å². The summed E-state index contributed by atoms with van der Waals surface area (Å²) in [6.45, 7) is 1.54. The van der Waals surface area contributed by atoms with Crippen molar-refractivity contribution < 1.29 is 13.2 Å². The highest BCUT2D eigenvalue weighted by Gasteiger charge is 2.31. The van der Waals surface area contributed by atoms with Gasteiger partial charge in [0, 0.05) is 6.04 Å². The summed E-state index contributed by atoms with van der Waals surface area (Å²) in [5.74, 6) is -0.174. The molecule has 0 radical (unpaired) electrons. The van der Waals surface area contributed by atoms with Crippen molar-refractivity contribution >= 4 is 5.82 Å². The van der Waals surface area contributed by atoms with E-state index in [-0.39, 0.29) is 11.5 Å². The Morgan fingerprint density at radius 2 is 1.93 bits per heavy atom. The predicted octanol–water partition coefficient (Wildman–Crippen LogP) is 1.70. The third-order valence-electron chi connectivity index (χ3n) is 1.66. The van der Waals surface area contributed by atoms with Crippen LogP contribution in [0, 0.1) is 0 Å². The summed E-state index contributed by atoms with van der Waals surface area (Å²) in [5, 5.41) is 0. The molecule has 3 nitrogen and oxygen atoms in total. The number of nitrogens with zero attached hydrogens (tertiary/aromatic N) is 1. The van der Waals surface area contributed by atoms with Crippen molar-refractivity contribution in [3.63, 3.8) is 0 Å². The summed E-state index contributed by atoms with van der Waals surface area (Å²) in [6, 6.07) is 1.12. The number of rotatable bonds is 1. The van der Waals surface area contributed by atoms with E-state index in [1.807, 2.05) is 0 Å². The first-order chi connectivity index (χ1) is 6.30. The highest BCUT2D eigenvalue weighted by molar-refractivity contribution is 5.37. The minimum atomic E-state index is -4.42. The van der Waals surface area contributed by atoms with E-state index in [1.165, 1.54) is 0 Å². The molecular weight excluding hydrogens is 195 g/mol. The highest BCUT2D eigenvalue weighted by atomic mass is 19.4. The van der Waals surface area contributed by atoms with Crippen LogP contribution >= 0.6 is 0 Å². The van der Waals surface area contributed by atoms with Gasteiger partial charge in [-0.25, -0.2) is 4.98 Å². The maximum Gasteiger partial charge on any atom is 0.416 e. The lowest BCUT2D eigenvalue weighted by Crippen LogP contribution is -2.13. The highest BCUT2D eigenvalue weighted by Crippen LogP contribution is 2.31. The van der Waals surface area contributed by atoms with Crippen molar-refractivity contribution in [2.24, 2.45) is 5.73 Å². The van der Waals surface area contributed by atoms with Gasteiger partial charge in [0.25, 0.3) is 0 Å². The smallest absolute Gasteiger partial charge is 0.384 e. The van der Waals surface area contributed by atoms with Crippen molar-refractivity contribution in [1.82, 2.24) is 4.98 Å². The number of pyridine rings is 1. The second kappa shape index (κ2) is 3.45. The zero-order chi connectivity index (χ0) is 10.9. The van der Waals surface area contributed by atoms with Crippen LogP contribution in [0.2, 0.25) is 0 Å². The van der Waals surface area contributed by atoms with Crippen LogP contribution < -0.4 is 11.5 Å². The Labute approximate surface area is 78.9 Å². The third-order valence-corrected chi connectivity index (χ3v) is 1.66. The van der Waals surface area contributed by atoms with Crippen LogP contribution in [0.1, 0.15) is 24.2 Å². The Bertz CT molecular complexity index is 333. The number of nitrogens with two attached hydrogens (primary N) is 2. The van der Waals surface area contributed by atoms with E-state index < -0.39 is 17.8 Å². The molecule has 0 aliphatic carbocycles. The fourth-order valence-electron chi connectivity index (χ4n) is 0.971. The Hall–Kier alpha value is -1.30. The molecule has 1 atom stereocenters. The van der Waals surface area contributed by atoms with Crippen LogP contribution in [-0.4, -0.2) is 4.98 Å². The zero-order valence-electron chi connectivity index (χ0n) is 7.47. The normalized spacial score (nSPS) is 14.1. The first-order valence-electron chi connectivity index (χ1n) is 3.91. The fraction of sp³-hybridized carbons (Fsp3) is 0.375. The molecule has 1 unspecified atom stereocenters. The summed E-state index contributed by atoms with van der Waals surface area (Å²) in [6.07, 6.45) is -4.42. The van der Waals surface area contributed by atoms with Gasteiger partial charge in [0.1, 0.15) is 5.82 Å². The number of hydrogen-bond donors (Lipinski definition) is 2. The Balaban J connectivity index is 3.21. The minimum absolute atomic E-state index is 0.136. The van der Waals surface area contributed by atoms with E-state index in [9.17, 15) is 13.2 Å². The van der Waals surface area contributed by atoms with Crippen LogP contribution in [0.3, 0.4) is 0 Å². The predicted molar refractivity (Wildman–Crippen MR) is 46.3 cm³/mol. The molecule has 14 heavy (non-hydrogen) atoms. The maximum absolute atomic E-state index is 12.3. The van der Waals surface area contributed by atoms with E-state index in [2.05, 4.69) is 4.98 Å². The molecule has 0 aliphatic rings. The van der Waals surface area contributed by atoms with Crippen LogP contribution in [0.5, 0.6) is 0 Å². The summed E-state index contributed by atoms with van der Waals surface area (Å²) >= 11 is 0. The van der Waals surface area contributed by atoms with Gasteiger partial charge < -0.3 is 11.5 Å². The van der Waals surface area contributed by atoms with Crippen molar-refractivity contribution in [3.8, 4) is 0 Å². The average molecular weight is 205 g/mol. The van der Waals surface area contributed by atoms with Gasteiger partial charge in [-0.3, -0.25) is 0 Å². The molecule has 0 aromatic carbocycles. The fourth-order valence-corrected chi connectivity index (χ4v) is 0.971. The third kappa shape index (κ3) is 2.35. The number of anilines is 1. The summed E-state index contributed by atoms with van der Waals surface area (Å²) < 4.78 is 36.9. The lowest BCUT2D eigenvalue weighted by Gasteiger charge is -2.11. The molecule has 1 heterocycles. The summed E-state index contributed by atoms with van der Waals surface area (Å²) in [5.41, 5.74) is 9.95. The number of halogens is 3. The molecule has 0 amide bonds. The Morgan fingerprint density at radius 1 is 1.36 bits per heavy atom. The molecule has 6 heteroatoms. The van der Waals surface area contributed by atoms with E-state index in [1.54, 1.807) is 6.92 Å². The number of alkyl halides is 3. The van der Waals surface area contributed by atoms with Crippen molar-refractivity contribution in [2.75, 3.05) is 5.73 Å². The minimum Gasteiger partial charge on any atom is -0.384 e. The van der Waals surface area contributed by atoms with E-state index >= 15 is 0 Å². The van der Waals surface area contributed by atoms with Gasteiger partial charge in [0.05, 0.1) is 11.3 Å². The molecule has 1 aromatic heterocycles. The van der Waals surface area contributed by atoms with Gasteiger partial charge in [0.2, 0.25) is 0 Å². The van der Waals surface area contributed by atoms with Gasteiger partial charge in [-0.2, -0.15) is 13.2 Å². The second-order valence-corrected chi connectivity index (χ2v) is 2.99. The van der Waals surface area contributed by atoms with Gasteiger partial charge in [-0.05, 0) is 19.1 Å². The van der Waals surface area contributed by atoms with Gasteiger partial charge in [-0.1, -0.05) is 0 Å². The first-order valence-corrected chi connectivity index (χ1v) is 3.91. The van der Waals surface area contributed by atoms with Crippen LogP contribution in [-0.2, 0) is 6.18 Å². The first kappa shape index (κ1) is 10.8. The molecule has 0 fully saturated rings. The summed E-state index contributed by atoms with van der Waals surface area (Å²) in [4.78, 5) is 3.70. The van der Waals surface area contributed by atoms with Crippen LogP contribution in [0.25, 0.3) is 0 Å². The Kier molecular flexibility index (Phi) is 2.66. The molecule has 1 aromatic rings. The maximum atomic E-state index is 12.3. The number of aromatic nitrogens is 1. The van der Waals surface area contributed by atoms with Gasteiger partial charge in [0.15, 0.2) is 0 Å². The SMILES string of the molecule is CC(N)c1cc(C(F)(F)F)cc(N)n1. The lowest BCUT2D eigenvalue weighted by molar-refractivity contribution is -0.137. The zero-order valence-corrected chi connectivity index (χ0v) is 7.47. The molecule has 0 spiro atoms. The number of nitrogen functional groups attached to an aromatic ring is 1. The van der Waals surface area contributed by atoms with Crippen molar-refractivity contribution in [1.29, 1.82) is 0 Å². The van der Waals surface area contributed by atoms with E-state index in [4.69, 9.17) is 11.5 Å². The molecule has 4 N–H and O–H groups in total.